The predicted molar refractivity (Wildman–Crippen MR) is 77.4 cm³/mol. The van der Waals surface area contributed by atoms with Gasteiger partial charge in [-0.3, -0.25) is 0 Å². The quantitative estimate of drug-likeness (QED) is 0.760. The topological polar surface area (TPSA) is 70.1 Å². The van der Waals surface area contributed by atoms with E-state index in [0.29, 0.717) is 5.95 Å². The van der Waals surface area contributed by atoms with Crippen molar-refractivity contribution in [2.24, 2.45) is 5.41 Å². The molecule has 1 heterocycles. The van der Waals surface area contributed by atoms with Gasteiger partial charge < -0.3 is 15.7 Å². The van der Waals surface area contributed by atoms with Gasteiger partial charge in [0.05, 0.1) is 6.10 Å². The molecular weight excluding hydrogens is 240 g/mol. The Kier molecular flexibility index (Phi) is 3.94. The lowest BCUT2D eigenvalue weighted by Gasteiger charge is -2.49. The van der Waals surface area contributed by atoms with Crippen molar-refractivity contribution in [1.29, 1.82) is 0 Å². The van der Waals surface area contributed by atoms with Gasteiger partial charge in [0.15, 0.2) is 0 Å². The minimum atomic E-state index is -0.231. The molecule has 1 aliphatic carbocycles. The number of nitrogens with one attached hydrogen (secondary N) is 2. The fraction of sp³-hybridized carbons (Fsp3) is 0.714. The first-order chi connectivity index (χ1) is 8.93. The molecule has 0 amide bonds. The van der Waals surface area contributed by atoms with Gasteiger partial charge >= 0.3 is 0 Å². The molecule has 5 heteroatoms. The Morgan fingerprint density at radius 3 is 2.74 bits per heavy atom. The molecule has 2 unspecified atom stereocenters. The number of hydrogen-bond donors (Lipinski definition) is 3. The molecule has 1 aromatic heterocycles. The Hall–Kier alpha value is -1.36. The van der Waals surface area contributed by atoms with E-state index in [1.165, 1.54) is 0 Å². The number of rotatable bonds is 5. The number of nitrogens with zero attached hydrogens (tertiary/aromatic N) is 2. The van der Waals surface area contributed by atoms with E-state index in [9.17, 15) is 5.11 Å². The third kappa shape index (κ3) is 2.97. The van der Waals surface area contributed by atoms with Crippen molar-refractivity contribution in [3.63, 3.8) is 0 Å². The van der Waals surface area contributed by atoms with Gasteiger partial charge in [0.25, 0.3) is 0 Å². The molecule has 0 aliphatic heterocycles. The van der Waals surface area contributed by atoms with Crippen molar-refractivity contribution in [2.75, 3.05) is 17.2 Å². The van der Waals surface area contributed by atoms with Crippen molar-refractivity contribution in [2.45, 2.75) is 52.7 Å². The summed E-state index contributed by atoms with van der Waals surface area (Å²) in [4.78, 5) is 8.83. The number of anilines is 2. The summed E-state index contributed by atoms with van der Waals surface area (Å²) in [6.07, 6.45) is 1.58. The monoisotopic (exact) mass is 264 g/mol. The molecule has 1 aliphatic rings. The van der Waals surface area contributed by atoms with Crippen LogP contribution in [0.1, 0.15) is 39.3 Å². The number of aliphatic hydroxyl groups excluding tert-OH is 1. The lowest BCUT2D eigenvalue weighted by atomic mass is 9.64. The van der Waals surface area contributed by atoms with Crippen molar-refractivity contribution >= 4 is 11.8 Å². The van der Waals surface area contributed by atoms with E-state index in [2.05, 4.69) is 41.4 Å². The highest BCUT2D eigenvalue weighted by atomic mass is 16.3. The minimum absolute atomic E-state index is 0.101. The maximum Gasteiger partial charge on any atom is 0.224 e. The van der Waals surface area contributed by atoms with E-state index >= 15 is 0 Å². The molecule has 0 spiro atoms. The van der Waals surface area contributed by atoms with Crippen molar-refractivity contribution in [1.82, 2.24) is 9.97 Å². The molecule has 0 radical (unpaired) electrons. The Bertz CT molecular complexity index is 447. The van der Waals surface area contributed by atoms with Crippen LogP contribution >= 0.6 is 0 Å². The molecule has 19 heavy (non-hydrogen) atoms. The van der Waals surface area contributed by atoms with Crippen LogP contribution in [0.25, 0.3) is 0 Å². The van der Waals surface area contributed by atoms with Crippen LogP contribution in [0.4, 0.5) is 11.8 Å². The zero-order valence-corrected chi connectivity index (χ0v) is 12.2. The van der Waals surface area contributed by atoms with Crippen LogP contribution in [0.5, 0.6) is 0 Å². The normalized spacial score (nSPS) is 24.7. The summed E-state index contributed by atoms with van der Waals surface area (Å²) in [5, 5.41) is 16.4. The fourth-order valence-electron chi connectivity index (χ4n) is 2.28. The highest BCUT2D eigenvalue weighted by Crippen LogP contribution is 2.42. The first-order valence-corrected chi connectivity index (χ1v) is 6.97. The van der Waals surface area contributed by atoms with Crippen molar-refractivity contribution in [3.8, 4) is 0 Å². The smallest absolute Gasteiger partial charge is 0.224 e. The van der Waals surface area contributed by atoms with Crippen LogP contribution in [0.15, 0.2) is 6.07 Å². The molecule has 2 atom stereocenters. The van der Waals surface area contributed by atoms with Crippen LogP contribution < -0.4 is 10.6 Å². The summed E-state index contributed by atoms with van der Waals surface area (Å²) in [5.74, 6) is 1.50. The lowest BCUT2D eigenvalue weighted by Crippen LogP contribution is -2.57. The molecule has 0 aromatic carbocycles. The van der Waals surface area contributed by atoms with Crippen LogP contribution in [0.2, 0.25) is 0 Å². The van der Waals surface area contributed by atoms with Gasteiger partial charge in [0.2, 0.25) is 5.95 Å². The standard InChI is InChI=1S/C14H24N4O/c1-5-6-15-13-16-9(2)7-12(18-13)17-10-8-11(19)14(10,3)4/h7,10-11,19H,5-6,8H2,1-4H3,(H2,15,16,17,18). The Morgan fingerprint density at radius 2 is 2.16 bits per heavy atom. The maximum absolute atomic E-state index is 9.76. The average molecular weight is 264 g/mol. The minimum Gasteiger partial charge on any atom is -0.392 e. The van der Waals surface area contributed by atoms with Crippen LogP contribution in [0.3, 0.4) is 0 Å². The molecule has 0 saturated heterocycles. The molecule has 2 rings (SSSR count). The van der Waals surface area contributed by atoms with Crippen LogP contribution in [0, 0.1) is 12.3 Å². The largest absolute Gasteiger partial charge is 0.392 e. The molecule has 1 fully saturated rings. The first kappa shape index (κ1) is 14.1. The van der Waals surface area contributed by atoms with E-state index in [1.54, 1.807) is 0 Å². The Balaban J connectivity index is 2.06. The number of aryl methyl sites for hydroxylation is 1. The van der Waals surface area contributed by atoms with E-state index in [1.807, 2.05) is 13.0 Å². The summed E-state index contributed by atoms with van der Waals surface area (Å²) in [6, 6.07) is 2.20. The second kappa shape index (κ2) is 5.33. The van der Waals surface area contributed by atoms with Gasteiger partial charge in [-0.2, -0.15) is 4.98 Å². The highest BCUT2D eigenvalue weighted by Gasteiger charge is 2.47. The zero-order chi connectivity index (χ0) is 14.0. The van der Waals surface area contributed by atoms with E-state index in [-0.39, 0.29) is 17.6 Å². The number of aromatic nitrogens is 2. The Labute approximate surface area is 114 Å². The molecule has 5 nitrogen and oxygen atoms in total. The number of hydrogen-bond acceptors (Lipinski definition) is 5. The summed E-state index contributed by atoms with van der Waals surface area (Å²) in [7, 11) is 0. The molecular formula is C14H24N4O. The fourth-order valence-corrected chi connectivity index (χ4v) is 2.28. The van der Waals surface area contributed by atoms with Crippen LogP contribution in [-0.2, 0) is 0 Å². The molecule has 0 bridgehead atoms. The van der Waals surface area contributed by atoms with E-state index in [4.69, 9.17) is 0 Å². The summed E-state index contributed by atoms with van der Waals surface area (Å²) in [6.45, 7) is 9.09. The van der Waals surface area contributed by atoms with Gasteiger partial charge in [-0.25, -0.2) is 4.98 Å². The van der Waals surface area contributed by atoms with E-state index < -0.39 is 0 Å². The lowest BCUT2D eigenvalue weighted by molar-refractivity contribution is -0.0511. The SMILES string of the molecule is CCCNc1nc(C)cc(NC2CC(O)C2(C)C)n1. The van der Waals surface area contributed by atoms with Gasteiger partial charge in [-0.15, -0.1) is 0 Å². The zero-order valence-electron chi connectivity index (χ0n) is 12.2. The van der Waals surface area contributed by atoms with Crippen molar-refractivity contribution in [3.05, 3.63) is 11.8 Å². The second-order valence-corrected chi connectivity index (χ2v) is 5.91. The molecule has 1 aromatic rings. The third-order valence-electron chi connectivity index (χ3n) is 3.93. The summed E-state index contributed by atoms with van der Waals surface area (Å²) >= 11 is 0. The third-order valence-corrected chi connectivity index (χ3v) is 3.93. The number of aliphatic hydroxyl groups is 1. The average Bonchev–Trinajstić information content (AvgIpc) is 2.35. The first-order valence-electron chi connectivity index (χ1n) is 6.97. The maximum atomic E-state index is 9.76. The summed E-state index contributed by atoms with van der Waals surface area (Å²) < 4.78 is 0. The second-order valence-electron chi connectivity index (χ2n) is 5.91. The van der Waals surface area contributed by atoms with Gasteiger partial charge in [0.1, 0.15) is 5.82 Å². The Morgan fingerprint density at radius 1 is 1.42 bits per heavy atom. The molecule has 3 N–H and O–H groups in total. The van der Waals surface area contributed by atoms with Crippen molar-refractivity contribution < 1.29 is 5.11 Å². The molecule has 106 valence electrons. The molecule has 1 saturated carbocycles. The van der Waals surface area contributed by atoms with Gasteiger partial charge in [0, 0.05) is 29.8 Å². The van der Waals surface area contributed by atoms with Crippen LogP contribution in [-0.4, -0.2) is 33.8 Å². The van der Waals surface area contributed by atoms with E-state index in [0.717, 1.165) is 30.9 Å². The van der Waals surface area contributed by atoms with Gasteiger partial charge in [-0.05, 0) is 19.8 Å². The summed E-state index contributed by atoms with van der Waals surface area (Å²) in [5.41, 5.74) is 0.837. The predicted octanol–water partition coefficient (Wildman–Crippen LogP) is 2.18. The van der Waals surface area contributed by atoms with Gasteiger partial charge in [-0.1, -0.05) is 20.8 Å². The highest BCUT2D eigenvalue weighted by molar-refractivity contribution is 5.44.